The molecule has 120 valence electrons. The Bertz CT molecular complexity index is 461. The van der Waals surface area contributed by atoms with Crippen molar-refractivity contribution in [1.82, 2.24) is 15.2 Å². The number of piperidine rings is 1. The summed E-state index contributed by atoms with van der Waals surface area (Å²) in [7, 11) is 2.23. The van der Waals surface area contributed by atoms with Crippen molar-refractivity contribution in [3.63, 3.8) is 0 Å². The molecule has 1 aromatic rings. The van der Waals surface area contributed by atoms with Gasteiger partial charge in [0.2, 0.25) is 0 Å². The Labute approximate surface area is 134 Å². The molecule has 0 saturated carbocycles. The monoisotopic (exact) mass is 309 g/mol. The highest BCUT2D eigenvalue weighted by Crippen LogP contribution is 2.32. The summed E-state index contributed by atoms with van der Waals surface area (Å²) in [6.07, 6.45) is 2.70. The highest BCUT2D eigenvalue weighted by molar-refractivity contribution is 7.12. The number of aryl methyl sites for hydroxylation is 1. The van der Waals surface area contributed by atoms with Gasteiger partial charge in [-0.1, -0.05) is 20.8 Å². The molecule has 21 heavy (non-hydrogen) atoms. The molecule has 2 heterocycles. The van der Waals surface area contributed by atoms with Gasteiger partial charge in [0.15, 0.2) is 0 Å². The van der Waals surface area contributed by atoms with Crippen molar-refractivity contribution in [2.75, 3.05) is 26.7 Å². The van der Waals surface area contributed by atoms with E-state index in [2.05, 4.69) is 51.9 Å². The molecule has 2 rings (SSSR count). The van der Waals surface area contributed by atoms with Crippen LogP contribution in [0.25, 0.3) is 0 Å². The third-order valence-corrected chi connectivity index (χ3v) is 6.07. The predicted octanol–water partition coefficient (Wildman–Crippen LogP) is 3.74. The van der Waals surface area contributed by atoms with Crippen molar-refractivity contribution in [2.45, 2.75) is 58.9 Å². The minimum Gasteiger partial charge on any atom is -0.309 e. The summed E-state index contributed by atoms with van der Waals surface area (Å²) in [6, 6.07) is 0.408. The fourth-order valence-corrected chi connectivity index (χ4v) is 4.16. The van der Waals surface area contributed by atoms with E-state index < -0.39 is 0 Å². The van der Waals surface area contributed by atoms with Gasteiger partial charge < -0.3 is 10.2 Å². The Balaban J connectivity index is 1.94. The minimum absolute atomic E-state index is 0.152. The lowest BCUT2D eigenvalue weighted by atomic mass is 9.98. The third kappa shape index (κ3) is 4.51. The van der Waals surface area contributed by atoms with Gasteiger partial charge in [0.25, 0.3) is 0 Å². The second-order valence-electron chi connectivity index (χ2n) is 7.62. The van der Waals surface area contributed by atoms with E-state index in [1.807, 2.05) is 11.3 Å². The summed E-state index contributed by atoms with van der Waals surface area (Å²) in [4.78, 5) is 8.64. The molecule has 0 radical (unpaired) electrons. The summed E-state index contributed by atoms with van der Waals surface area (Å²) in [5.41, 5.74) is 1.35. The van der Waals surface area contributed by atoms with Gasteiger partial charge in [-0.2, -0.15) is 0 Å². The van der Waals surface area contributed by atoms with Gasteiger partial charge in [-0.25, -0.2) is 4.98 Å². The van der Waals surface area contributed by atoms with Gasteiger partial charge in [-0.15, -0.1) is 11.3 Å². The topological polar surface area (TPSA) is 28.2 Å². The van der Waals surface area contributed by atoms with Crippen molar-refractivity contribution < 1.29 is 0 Å². The van der Waals surface area contributed by atoms with Crippen LogP contribution in [-0.4, -0.2) is 36.6 Å². The van der Waals surface area contributed by atoms with Crippen LogP contribution in [0.3, 0.4) is 0 Å². The van der Waals surface area contributed by atoms with E-state index in [1.54, 1.807) is 0 Å². The molecule has 1 aliphatic rings. The lowest BCUT2D eigenvalue weighted by Crippen LogP contribution is -2.37. The highest BCUT2D eigenvalue weighted by Gasteiger charge is 2.23. The molecular weight excluding hydrogens is 278 g/mol. The van der Waals surface area contributed by atoms with Crippen LogP contribution >= 0.6 is 11.3 Å². The van der Waals surface area contributed by atoms with Gasteiger partial charge in [-0.05, 0) is 52.7 Å². The Morgan fingerprint density at radius 2 is 2.14 bits per heavy atom. The lowest BCUT2D eigenvalue weighted by Gasteiger charge is -2.30. The van der Waals surface area contributed by atoms with E-state index in [0.717, 1.165) is 12.5 Å². The zero-order valence-electron chi connectivity index (χ0n) is 14.5. The number of hydrogen-bond acceptors (Lipinski definition) is 4. The first-order valence-electron chi connectivity index (χ1n) is 8.17. The molecule has 0 amide bonds. The van der Waals surface area contributed by atoms with Crippen LogP contribution in [0, 0.1) is 12.8 Å². The number of likely N-dealkylation sites (tertiary alicyclic amines) is 1. The number of hydrogen-bond donors (Lipinski definition) is 1. The van der Waals surface area contributed by atoms with E-state index in [9.17, 15) is 0 Å². The van der Waals surface area contributed by atoms with E-state index in [0.29, 0.717) is 6.04 Å². The van der Waals surface area contributed by atoms with Gasteiger partial charge in [0.1, 0.15) is 0 Å². The van der Waals surface area contributed by atoms with Crippen LogP contribution in [0.1, 0.15) is 62.2 Å². The second kappa shape index (κ2) is 6.76. The highest BCUT2D eigenvalue weighted by atomic mass is 32.1. The van der Waals surface area contributed by atoms with Crippen LogP contribution in [0.2, 0.25) is 0 Å². The van der Waals surface area contributed by atoms with Gasteiger partial charge in [-0.3, -0.25) is 0 Å². The van der Waals surface area contributed by atoms with E-state index in [4.69, 9.17) is 4.98 Å². The quantitative estimate of drug-likeness (QED) is 0.918. The van der Waals surface area contributed by atoms with E-state index in [1.165, 1.54) is 41.5 Å². The first-order valence-corrected chi connectivity index (χ1v) is 8.98. The van der Waals surface area contributed by atoms with E-state index >= 15 is 0 Å². The zero-order chi connectivity index (χ0) is 15.6. The van der Waals surface area contributed by atoms with Crippen molar-refractivity contribution in [1.29, 1.82) is 0 Å². The second-order valence-corrected chi connectivity index (χ2v) is 8.65. The molecule has 2 atom stereocenters. The Morgan fingerprint density at radius 1 is 1.43 bits per heavy atom. The van der Waals surface area contributed by atoms with Crippen LogP contribution in [0.15, 0.2) is 0 Å². The molecule has 1 fully saturated rings. The van der Waals surface area contributed by atoms with E-state index in [-0.39, 0.29) is 5.41 Å². The molecule has 0 aliphatic carbocycles. The maximum Gasteiger partial charge on any atom is 0.0985 e. The number of rotatable bonds is 4. The minimum atomic E-state index is 0.152. The molecule has 1 aromatic heterocycles. The maximum atomic E-state index is 4.78. The molecule has 1 saturated heterocycles. The van der Waals surface area contributed by atoms with Crippen molar-refractivity contribution in [3.8, 4) is 0 Å². The van der Waals surface area contributed by atoms with Crippen molar-refractivity contribution >= 4 is 11.3 Å². The average Bonchev–Trinajstić information content (AvgIpc) is 2.78. The van der Waals surface area contributed by atoms with Gasteiger partial charge >= 0.3 is 0 Å². The Hall–Kier alpha value is -0.450. The summed E-state index contributed by atoms with van der Waals surface area (Å²) < 4.78 is 0. The fourth-order valence-electron chi connectivity index (χ4n) is 3.01. The van der Waals surface area contributed by atoms with Gasteiger partial charge in [0.05, 0.1) is 10.7 Å². The lowest BCUT2D eigenvalue weighted by molar-refractivity contribution is 0.203. The summed E-state index contributed by atoms with van der Waals surface area (Å²) in [5.74, 6) is 0.793. The van der Waals surface area contributed by atoms with Crippen LogP contribution in [0.5, 0.6) is 0 Å². The summed E-state index contributed by atoms with van der Waals surface area (Å²) >= 11 is 1.88. The normalized spacial score (nSPS) is 22.5. The SMILES string of the molecule is Cc1nc(C(C)(C)C)sc1C(C)NCC1CCCN(C)C1. The molecule has 0 spiro atoms. The molecule has 2 unspecified atom stereocenters. The number of nitrogens with one attached hydrogen (secondary N) is 1. The molecule has 0 bridgehead atoms. The first kappa shape index (κ1) is 16.9. The molecule has 0 aromatic carbocycles. The zero-order valence-corrected chi connectivity index (χ0v) is 15.3. The Morgan fingerprint density at radius 3 is 2.71 bits per heavy atom. The number of thiazole rings is 1. The van der Waals surface area contributed by atoms with Crippen LogP contribution in [0.4, 0.5) is 0 Å². The number of nitrogens with zero attached hydrogens (tertiary/aromatic N) is 2. The fraction of sp³-hybridized carbons (Fsp3) is 0.824. The maximum absolute atomic E-state index is 4.78. The predicted molar refractivity (Wildman–Crippen MR) is 92.2 cm³/mol. The molecular formula is C17H31N3S. The average molecular weight is 310 g/mol. The largest absolute Gasteiger partial charge is 0.309 e. The Kier molecular flexibility index (Phi) is 5.44. The molecule has 3 nitrogen and oxygen atoms in total. The number of aromatic nitrogens is 1. The van der Waals surface area contributed by atoms with Crippen molar-refractivity contribution in [3.05, 3.63) is 15.6 Å². The van der Waals surface area contributed by atoms with Crippen LogP contribution < -0.4 is 5.32 Å². The first-order chi connectivity index (χ1) is 9.77. The molecule has 1 N–H and O–H groups in total. The van der Waals surface area contributed by atoms with Gasteiger partial charge in [0, 0.05) is 22.9 Å². The molecule has 4 heteroatoms. The summed E-state index contributed by atoms with van der Waals surface area (Å²) in [5, 5.41) is 4.99. The standard InChI is InChI=1S/C17H31N3S/c1-12(18-10-14-8-7-9-20(6)11-14)15-13(2)19-16(21-15)17(3,4)5/h12,14,18H,7-11H2,1-6H3. The molecule has 1 aliphatic heterocycles. The van der Waals surface area contributed by atoms with Crippen LogP contribution in [-0.2, 0) is 5.41 Å². The van der Waals surface area contributed by atoms with Crippen molar-refractivity contribution in [2.24, 2.45) is 5.92 Å². The smallest absolute Gasteiger partial charge is 0.0985 e. The third-order valence-electron chi connectivity index (χ3n) is 4.30. The summed E-state index contributed by atoms with van der Waals surface area (Å²) in [6.45, 7) is 14.8.